The summed E-state index contributed by atoms with van der Waals surface area (Å²) in [7, 11) is 0. The van der Waals surface area contributed by atoms with Crippen molar-refractivity contribution in [3.63, 3.8) is 0 Å². The second-order valence-electron chi connectivity index (χ2n) is 2.74. The van der Waals surface area contributed by atoms with Gasteiger partial charge in [0.25, 0.3) is 0 Å². The molecule has 0 aliphatic carbocycles. The number of hydrogen-bond acceptors (Lipinski definition) is 2. The Morgan fingerprint density at radius 1 is 1.42 bits per heavy atom. The Kier molecular flexibility index (Phi) is 3.19. The number of nitrogens with two attached hydrogens (primary N) is 2. The molecule has 3 heteroatoms. The van der Waals surface area contributed by atoms with Gasteiger partial charge in [0, 0.05) is 6.04 Å². The quantitative estimate of drug-likeness (QED) is 0.712. The third-order valence-corrected chi connectivity index (χ3v) is 1.75. The molecule has 4 N–H and O–H groups in total. The Balaban J connectivity index is 2.73. The van der Waals surface area contributed by atoms with Gasteiger partial charge in [0.2, 0.25) is 0 Å². The van der Waals surface area contributed by atoms with Crippen molar-refractivity contribution in [2.75, 3.05) is 6.54 Å². The molecule has 0 aliphatic rings. The van der Waals surface area contributed by atoms with Crippen LogP contribution in [0.2, 0.25) is 0 Å². The lowest BCUT2D eigenvalue weighted by Crippen LogP contribution is -2.15. The highest BCUT2D eigenvalue weighted by Gasteiger charge is 2.04. The van der Waals surface area contributed by atoms with E-state index in [4.69, 9.17) is 11.5 Å². The van der Waals surface area contributed by atoms with Crippen molar-refractivity contribution in [1.29, 1.82) is 0 Å². The summed E-state index contributed by atoms with van der Waals surface area (Å²) in [5.74, 6) is -0.250. The van der Waals surface area contributed by atoms with E-state index in [0.717, 1.165) is 5.56 Å². The average Bonchev–Trinajstić information content (AvgIpc) is 2.05. The molecule has 0 radical (unpaired) electrons. The Labute approximate surface area is 71.4 Å². The van der Waals surface area contributed by atoms with E-state index in [0.29, 0.717) is 13.0 Å². The molecule has 1 aromatic rings. The van der Waals surface area contributed by atoms with Crippen molar-refractivity contribution < 1.29 is 4.39 Å². The molecule has 12 heavy (non-hydrogen) atoms. The van der Waals surface area contributed by atoms with E-state index in [1.807, 2.05) is 6.07 Å². The summed E-state index contributed by atoms with van der Waals surface area (Å²) >= 11 is 0. The first kappa shape index (κ1) is 9.16. The highest BCUT2D eigenvalue weighted by atomic mass is 19.1. The third-order valence-electron chi connectivity index (χ3n) is 1.75. The number of benzene rings is 1. The van der Waals surface area contributed by atoms with Crippen molar-refractivity contribution in [3.8, 4) is 0 Å². The summed E-state index contributed by atoms with van der Waals surface area (Å²) in [6.45, 7) is 0.525. The van der Waals surface area contributed by atoms with Gasteiger partial charge in [0.05, 0.1) is 0 Å². The summed E-state index contributed by atoms with van der Waals surface area (Å²) in [5, 5.41) is 0. The molecule has 0 spiro atoms. The van der Waals surface area contributed by atoms with Crippen LogP contribution in [0.1, 0.15) is 18.0 Å². The Bertz CT molecular complexity index is 250. The van der Waals surface area contributed by atoms with Crippen LogP contribution < -0.4 is 11.5 Å². The van der Waals surface area contributed by atoms with Gasteiger partial charge in [-0.2, -0.15) is 0 Å². The lowest BCUT2D eigenvalue weighted by molar-refractivity contribution is 0.611. The van der Waals surface area contributed by atoms with Crippen LogP contribution >= 0.6 is 0 Å². The minimum Gasteiger partial charge on any atom is -0.330 e. The molecule has 1 aromatic carbocycles. The number of halogens is 1. The fourth-order valence-electron chi connectivity index (χ4n) is 1.08. The molecule has 0 aromatic heterocycles. The summed E-state index contributed by atoms with van der Waals surface area (Å²) < 4.78 is 12.7. The van der Waals surface area contributed by atoms with Crippen molar-refractivity contribution in [1.82, 2.24) is 0 Å². The maximum absolute atomic E-state index is 12.7. The first-order valence-electron chi connectivity index (χ1n) is 3.95. The topological polar surface area (TPSA) is 52.0 Å². The molecule has 0 fully saturated rings. The molecule has 1 rings (SSSR count). The van der Waals surface area contributed by atoms with Gasteiger partial charge >= 0.3 is 0 Å². The van der Waals surface area contributed by atoms with Gasteiger partial charge in [-0.25, -0.2) is 4.39 Å². The van der Waals surface area contributed by atoms with Crippen LogP contribution in [-0.4, -0.2) is 6.54 Å². The maximum Gasteiger partial charge on any atom is 0.123 e. The van der Waals surface area contributed by atoms with Gasteiger partial charge < -0.3 is 11.5 Å². The summed E-state index contributed by atoms with van der Waals surface area (Å²) in [5.41, 5.74) is 11.9. The molecule has 0 saturated carbocycles. The van der Waals surface area contributed by atoms with Gasteiger partial charge in [-0.3, -0.25) is 0 Å². The summed E-state index contributed by atoms with van der Waals surface area (Å²) in [6.07, 6.45) is 0.684. The van der Waals surface area contributed by atoms with Gasteiger partial charge in [-0.15, -0.1) is 0 Å². The molecular weight excluding hydrogens is 155 g/mol. The predicted octanol–water partition coefficient (Wildman–Crippen LogP) is 1.17. The van der Waals surface area contributed by atoms with Gasteiger partial charge in [-0.1, -0.05) is 12.1 Å². The Hall–Kier alpha value is -0.930. The van der Waals surface area contributed by atoms with E-state index >= 15 is 0 Å². The van der Waals surface area contributed by atoms with E-state index in [9.17, 15) is 4.39 Å². The lowest BCUT2D eigenvalue weighted by atomic mass is 10.1. The predicted molar refractivity (Wildman–Crippen MR) is 47.0 cm³/mol. The van der Waals surface area contributed by atoms with Crippen LogP contribution in [0.25, 0.3) is 0 Å². The Morgan fingerprint density at radius 3 is 2.75 bits per heavy atom. The van der Waals surface area contributed by atoms with Crippen molar-refractivity contribution in [2.24, 2.45) is 11.5 Å². The molecule has 0 bridgehead atoms. The van der Waals surface area contributed by atoms with Crippen LogP contribution in [0.15, 0.2) is 24.3 Å². The zero-order chi connectivity index (χ0) is 8.97. The molecule has 0 amide bonds. The zero-order valence-corrected chi connectivity index (χ0v) is 6.83. The zero-order valence-electron chi connectivity index (χ0n) is 6.83. The van der Waals surface area contributed by atoms with E-state index in [1.54, 1.807) is 6.07 Å². The fraction of sp³-hybridized carbons (Fsp3) is 0.333. The van der Waals surface area contributed by atoms with Crippen molar-refractivity contribution in [2.45, 2.75) is 12.5 Å². The smallest absolute Gasteiger partial charge is 0.123 e. The van der Waals surface area contributed by atoms with Crippen LogP contribution in [0.4, 0.5) is 4.39 Å². The van der Waals surface area contributed by atoms with E-state index < -0.39 is 0 Å². The Morgan fingerprint density at radius 2 is 2.17 bits per heavy atom. The van der Waals surface area contributed by atoms with E-state index in [1.165, 1.54) is 12.1 Å². The summed E-state index contributed by atoms with van der Waals surface area (Å²) in [6, 6.07) is 6.16. The molecule has 66 valence electrons. The van der Waals surface area contributed by atoms with Crippen LogP contribution in [0, 0.1) is 5.82 Å². The summed E-state index contributed by atoms with van der Waals surface area (Å²) in [4.78, 5) is 0. The lowest BCUT2D eigenvalue weighted by Gasteiger charge is -2.09. The average molecular weight is 168 g/mol. The standard InChI is InChI=1S/C9H13FN2/c10-8-3-1-2-7(6-8)9(12)4-5-11/h1-3,6,9H,4-5,11-12H2/t9-/m1/s1. The molecular formula is C9H13FN2. The molecule has 1 atom stereocenters. The van der Waals surface area contributed by atoms with Gasteiger partial charge in [0.1, 0.15) is 5.82 Å². The second-order valence-corrected chi connectivity index (χ2v) is 2.74. The van der Waals surface area contributed by atoms with Gasteiger partial charge in [-0.05, 0) is 30.7 Å². The van der Waals surface area contributed by atoms with Gasteiger partial charge in [0.15, 0.2) is 0 Å². The second kappa shape index (κ2) is 4.18. The van der Waals surface area contributed by atoms with E-state index in [-0.39, 0.29) is 11.9 Å². The minimum absolute atomic E-state index is 0.148. The normalized spacial score (nSPS) is 12.9. The fourth-order valence-corrected chi connectivity index (χ4v) is 1.08. The van der Waals surface area contributed by atoms with Crippen LogP contribution in [0.5, 0.6) is 0 Å². The first-order chi connectivity index (χ1) is 5.74. The van der Waals surface area contributed by atoms with Crippen molar-refractivity contribution in [3.05, 3.63) is 35.6 Å². The molecule has 0 saturated heterocycles. The highest BCUT2D eigenvalue weighted by molar-refractivity contribution is 5.19. The number of rotatable bonds is 3. The molecule has 0 heterocycles. The SMILES string of the molecule is NCC[C@@H](N)c1cccc(F)c1. The largest absolute Gasteiger partial charge is 0.330 e. The molecule has 2 nitrogen and oxygen atoms in total. The first-order valence-corrected chi connectivity index (χ1v) is 3.95. The van der Waals surface area contributed by atoms with Crippen molar-refractivity contribution >= 4 is 0 Å². The minimum atomic E-state index is -0.250. The molecule has 0 aliphatic heterocycles. The van der Waals surface area contributed by atoms with Crippen LogP contribution in [0.3, 0.4) is 0 Å². The van der Waals surface area contributed by atoms with E-state index in [2.05, 4.69) is 0 Å². The molecule has 0 unspecified atom stereocenters. The third kappa shape index (κ3) is 2.29. The van der Waals surface area contributed by atoms with Crippen LogP contribution in [-0.2, 0) is 0 Å². The maximum atomic E-state index is 12.7. The number of hydrogen-bond donors (Lipinski definition) is 2. The highest BCUT2D eigenvalue weighted by Crippen LogP contribution is 2.13. The monoisotopic (exact) mass is 168 g/mol.